The van der Waals surface area contributed by atoms with Gasteiger partial charge in [-0.1, -0.05) is 17.7 Å². The van der Waals surface area contributed by atoms with Gasteiger partial charge in [0.2, 0.25) is 0 Å². The quantitative estimate of drug-likeness (QED) is 0.453. The van der Waals surface area contributed by atoms with Crippen molar-refractivity contribution in [3.63, 3.8) is 0 Å². The molecule has 0 radical (unpaired) electrons. The summed E-state index contributed by atoms with van der Waals surface area (Å²) >= 11 is 5.71. The summed E-state index contributed by atoms with van der Waals surface area (Å²) in [5.41, 5.74) is 1.06. The minimum absolute atomic E-state index is 0.0782. The van der Waals surface area contributed by atoms with Crippen LogP contribution in [0, 0.1) is 0 Å². The third-order valence-corrected chi connectivity index (χ3v) is 3.65. The standard InChI is InChI=1S/C12H19ClN4O2S/c1-14-12(16-7-8-20(2,18)19)15-6-5-10-3-4-11(13)17-9-10/h3-4,9H,5-8H2,1-2H3,(H2,14,15,16). The zero-order chi connectivity index (χ0) is 15.0. The highest BCUT2D eigenvalue weighted by atomic mass is 35.5. The van der Waals surface area contributed by atoms with E-state index in [1.54, 1.807) is 19.3 Å². The molecule has 0 bridgehead atoms. The average Bonchev–Trinajstić information content (AvgIpc) is 2.38. The normalized spacial score (nSPS) is 12.2. The second kappa shape index (κ2) is 8.06. The van der Waals surface area contributed by atoms with Crippen molar-refractivity contribution in [2.75, 3.05) is 32.1 Å². The van der Waals surface area contributed by atoms with Crippen LogP contribution >= 0.6 is 11.6 Å². The number of sulfone groups is 1. The lowest BCUT2D eigenvalue weighted by atomic mass is 10.2. The predicted octanol–water partition coefficient (Wildman–Crippen LogP) is 0.487. The third kappa shape index (κ3) is 7.30. The molecule has 0 unspecified atom stereocenters. The number of pyridine rings is 1. The molecule has 20 heavy (non-hydrogen) atoms. The van der Waals surface area contributed by atoms with Gasteiger partial charge in [-0.25, -0.2) is 13.4 Å². The molecule has 0 spiro atoms. The van der Waals surface area contributed by atoms with Gasteiger partial charge in [0, 0.05) is 32.6 Å². The summed E-state index contributed by atoms with van der Waals surface area (Å²) in [6.07, 6.45) is 3.71. The third-order valence-electron chi connectivity index (χ3n) is 2.48. The molecule has 0 amide bonds. The predicted molar refractivity (Wildman–Crippen MR) is 82.0 cm³/mol. The molecular formula is C12H19ClN4O2S. The molecule has 0 saturated carbocycles. The number of rotatable bonds is 6. The fourth-order valence-corrected chi connectivity index (χ4v) is 2.04. The zero-order valence-corrected chi connectivity index (χ0v) is 13.1. The van der Waals surface area contributed by atoms with Gasteiger partial charge < -0.3 is 10.6 Å². The molecule has 0 atom stereocenters. The van der Waals surface area contributed by atoms with Gasteiger partial charge in [0.05, 0.1) is 5.75 Å². The molecule has 0 aliphatic rings. The Kier molecular flexibility index (Phi) is 6.74. The van der Waals surface area contributed by atoms with E-state index >= 15 is 0 Å². The number of guanidine groups is 1. The lowest BCUT2D eigenvalue weighted by Gasteiger charge is -2.11. The highest BCUT2D eigenvalue weighted by Crippen LogP contribution is 2.05. The molecule has 8 heteroatoms. The molecule has 1 heterocycles. The highest BCUT2D eigenvalue weighted by Gasteiger charge is 2.03. The first kappa shape index (κ1) is 16.7. The van der Waals surface area contributed by atoms with Crippen LogP contribution in [-0.4, -0.2) is 51.5 Å². The van der Waals surface area contributed by atoms with Crippen molar-refractivity contribution >= 4 is 27.4 Å². The summed E-state index contributed by atoms with van der Waals surface area (Å²) in [4.78, 5) is 8.01. The second-order valence-corrected chi connectivity index (χ2v) is 6.94. The Balaban J connectivity index is 2.30. The zero-order valence-electron chi connectivity index (χ0n) is 11.6. The first-order chi connectivity index (χ1) is 9.40. The number of nitrogens with zero attached hydrogens (tertiary/aromatic N) is 2. The van der Waals surface area contributed by atoms with Crippen LogP contribution in [0.3, 0.4) is 0 Å². The fraction of sp³-hybridized carbons (Fsp3) is 0.500. The van der Waals surface area contributed by atoms with Crippen molar-refractivity contribution < 1.29 is 8.42 Å². The van der Waals surface area contributed by atoms with E-state index in [2.05, 4.69) is 20.6 Å². The van der Waals surface area contributed by atoms with E-state index in [0.29, 0.717) is 24.2 Å². The van der Waals surface area contributed by atoms with Gasteiger partial charge in [-0.3, -0.25) is 4.99 Å². The molecule has 0 aromatic carbocycles. The van der Waals surface area contributed by atoms with E-state index < -0.39 is 9.84 Å². The first-order valence-corrected chi connectivity index (χ1v) is 8.57. The summed E-state index contributed by atoms with van der Waals surface area (Å²) in [5, 5.41) is 6.52. The van der Waals surface area contributed by atoms with Crippen LogP contribution in [0.15, 0.2) is 23.3 Å². The Bertz CT molecular complexity index is 543. The Labute approximate surface area is 124 Å². The van der Waals surface area contributed by atoms with E-state index in [4.69, 9.17) is 11.6 Å². The van der Waals surface area contributed by atoms with Crippen molar-refractivity contribution in [2.24, 2.45) is 4.99 Å². The van der Waals surface area contributed by atoms with E-state index in [1.807, 2.05) is 6.07 Å². The fourth-order valence-electron chi connectivity index (χ4n) is 1.46. The number of hydrogen-bond donors (Lipinski definition) is 2. The van der Waals surface area contributed by atoms with Gasteiger partial charge >= 0.3 is 0 Å². The van der Waals surface area contributed by atoms with Gasteiger partial charge in [-0.2, -0.15) is 0 Å². The van der Waals surface area contributed by atoms with Crippen LogP contribution in [0.25, 0.3) is 0 Å². The maximum absolute atomic E-state index is 11.0. The molecule has 0 aliphatic heterocycles. The van der Waals surface area contributed by atoms with E-state index in [0.717, 1.165) is 12.0 Å². The smallest absolute Gasteiger partial charge is 0.191 e. The Morgan fingerprint density at radius 1 is 1.35 bits per heavy atom. The van der Waals surface area contributed by atoms with Crippen LogP contribution in [0.1, 0.15) is 5.56 Å². The summed E-state index contributed by atoms with van der Waals surface area (Å²) in [5.74, 6) is 0.657. The van der Waals surface area contributed by atoms with Gasteiger partial charge in [0.1, 0.15) is 15.0 Å². The van der Waals surface area contributed by atoms with Crippen molar-refractivity contribution in [3.8, 4) is 0 Å². The van der Waals surface area contributed by atoms with E-state index in [9.17, 15) is 8.42 Å². The Morgan fingerprint density at radius 3 is 2.60 bits per heavy atom. The van der Waals surface area contributed by atoms with Crippen LogP contribution in [0.4, 0.5) is 0 Å². The van der Waals surface area contributed by atoms with Crippen molar-refractivity contribution in [1.29, 1.82) is 0 Å². The number of nitrogens with one attached hydrogen (secondary N) is 2. The Hall–Kier alpha value is -1.34. The van der Waals surface area contributed by atoms with Crippen LogP contribution in [0.2, 0.25) is 5.15 Å². The van der Waals surface area contributed by atoms with Crippen LogP contribution in [-0.2, 0) is 16.3 Å². The van der Waals surface area contributed by atoms with E-state index in [1.165, 1.54) is 6.26 Å². The highest BCUT2D eigenvalue weighted by molar-refractivity contribution is 7.90. The van der Waals surface area contributed by atoms with E-state index in [-0.39, 0.29) is 5.75 Å². The van der Waals surface area contributed by atoms with Gasteiger partial charge in [0.15, 0.2) is 5.96 Å². The van der Waals surface area contributed by atoms with Crippen LogP contribution in [0.5, 0.6) is 0 Å². The average molecular weight is 319 g/mol. The van der Waals surface area contributed by atoms with Crippen LogP contribution < -0.4 is 10.6 Å². The number of halogens is 1. The molecule has 0 saturated heterocycles. The number of aromatic nitrogens is 1. The second-order valence-electron chi connectivity index (χ2n) is 4.29. The number of aliphatic imine (C=N–C) groups is 1. The molecule has 2 N–H and O–H groups in total. The largest absolute Gasteiger partial charge is 0.356 e. The summed E-state index contributed by atoms with van der Waals surface area (Å²) in [6, 6.07) is 3.66. The SMILES string of the molecule is CN=C(NCCc1ccc(Cl)nc1)NCCS(C)(=O)=O. The maximum Gasteiger partial charge on any atom is 0.191 e. The monoisotopic (exact) mass is 318 g/mol. The lowest BCUT2D eigenvalue weighted by molar-refractivity contribution is 0.600. The summed E-state index contributed by atoms with van der Waals surface area (Å²) < 4.78 is 22.0. The molecule has 1 aromatic rings. The minimum Gasteiger partial charge on any atom is -0.356 e. The topological polar surface area (TPSA) is 83.4 Å². The molecule has 0 aliphatic carbocycles. The lowest BCUT2D eigenvalue weighted by Crippen LogP contribution is -2.40. The van der Waals surface area contributed by atoms with Crippen molar-refractivity contribution in [3.05, 3.63) is 29.0 Å². The van der Waals surface area contributed by atoms with Crippen molar-refractivity contribution in [2.45, 2.75) is 6.42 Å². The summed E-state index contributed by atoms with van der Waals surface area (Å²) in [6.45, 7) is 1.00. The van der Waals surface area contributed by atoms with Crippen molar-refractivity contribution in [1.82, 2.24) is 15.6 Å². The molecular weight excluding hydrogens is 300 g/mol. The molecule has 6 nitrogen and oxygen atoms in total. The van der Waals surface area contributed by atoms with Gasteiger partial charge in [-0.05, 0) is 18.1 Å². The van der Waals surface area contributed by atoms with Gasteiger partial charge in [-0.15, -0.1) is 0 Å². The molecule has 1 aromatic heterocycles. The first-order valence-electron chi connectivity index (χ1n) is 6.13. The minimum atomic E-state index is -2.96. The maximum atomic E-state index is 11.0. The molecule has 1 rings (SSSR count). The molecule has 0 fully saturated rings. The number of hydrogen-bond acceptors (Lipinski definition) is 4. The Morgan fingerprint density at radius 2 is 2.05 bits per heavy atom. The van der Waals surface area contributed by atoms with Gasteiger partial charge in [0.25, 0.3) is 0 Å². The summed E-state index contributed by atoms with van der Waals surface area (Å²) in [7, 11) is -1.32. The molecule has 112 valence electrons.